The number of hydrogen-bond donors (Lipinski definition) is 1. The third kappa shape index (κ3) is 4.70. The molecule has 0 radical (unpaired) electrons. The molecule has 0 spiro atoms. The first-order valence-electron chi connectivity index (χ1n) is 5.94. The molecule has 0 atom stereocenters. The van der Waals surface area contributed by atoms with E-state index >= 15 is 0 Å². The molecule has 1 N–H and O–H groups in total. The summed E-state index contributed by atoms with van der Waals surface area (Å²) in [7, 11) is 0. The standard InChI is InChI=1S/C13H15BrF3NO2/c1-8(2)6-18(7-12(19)20)11-4-3-9(14)5-10(11)13(15,16)17/h3-5,8H,6-7H2,1-2H3,(H,19,20). The second-order valence-corrected chi connectivity index (χ2v) is 5.74. The fourth-order valence-electron chi connectivity index (χ4n) is 1.86. The monoisotopic (exact) mass is 353 g/mol. The van der Waals surface area contributed by atoms with Gasteiger partial charge in [0, 0.05) is 16.7 Å². The SMILES string of the molecule is CC(C)CN(CC(=O)O)c1ccc(Br)cc1C(F)(F)F. The molecule has 0 saturated heterocycles. The summed E-state index contributed by atoms with van der Waals surface area (Å²) < 4.78 is 39.5. The largest absolute Gasteiger partial charge is 0.480 e. The van der Waals surface area contributed by atoms with Crippen molar-refractivity contribution < 1.29 is 23.1 Å². The minimum absolute atomic E-state index is 0.0408. The lowest BCUT2D eigenvalue weighted by Crippen LogP contribution is -2.34. The molecule has 0 fully saturated rings. The molecular formula is C13H15BrF3NO2. The van der Waals surface area contributed by atoms with Crippen LogP contribution in [0.1, 0.15) is 19.4 Å². The Kier molecular flexibility index (Phi) is 5.44. The van der Waals surface area contributed by atoms with E-state index in [4.69, 9.17) is 5.11 Å². The molecule has 112 valence electrons. The number of benzene rings is 1. The van der Waals surface area contributed by atoms with Crippen LogP contribution in [0.5, 0.6) is 0 Å². The highest BCUT2D eigenvalue weighted by Gasteiger charge is 2.35. The van der Waals surface area contributed by atoms with Gasteiger partial charge >= 0.3 is 12.1 Å². The Morgan fingerprint density at radius 3 is 2.45 bits per heavy atom. The average Bonchev–Trinajstić information content (AvgIpc) is 2.25. The summed E-state index contributed by atoms with van der Waals surface area (Å²) in [6, 6.07) is 3.72. The van der Waals surface area contributed by atoms with Crippen LogP contribution in [0.2, 0.25) is 0 Å². The highest BCUT2D eigenvalue weighted by Crippen LogP contribution is 2.38. The van der Waals surface area contributed by atoms with Crippen molar-refractivity contribution in [2.75, 3.05) is 18.0 Å². The number of halogens is 4. The maximum atomic E-state index is 13.1. The summed E-state index contributed by atoms with van der Waals surface area (Å²) >= 11 is 3.00. The topological polar surface area (TPSA) is 40.5 Å². The Hall–Kier alpha value is -1.24. The van der Waals surface area contributed by atoms with E-state index in [9.17, 15) is 18.0 Å². The van der Waals surface area contributed by atoms with Crippen molar-refractivity contribution >= 4 is 27.6 Å². The van der Waals surface area contributed by atoms with Gasteiger partial charge in [0.25, 0.3) is 0 Å². The number of nitrogens with zero attached hydrogens (tertiary/aromatic N) is 1. The van der Waals surface area contributed by atoms with Crippen LogP contribution >= 0.6 is 15.9 Å². The van der Waals surface area contributed by atoms with Crippen LogP contribution in [-0.4, -0.2) is 24.2 Å². The minimum atomic E-state index is -4.53. The number of alkyl halides is 3. The summed E-state index contributed by atoms with van der Waals surface area (Å²) in [5.74, 6) is -1.12. The van der Waals surface area contributed by atoms with Crippen molar-refractivity contribution in [3.05, 3.63) is 28.2 Å². The molecule has 1 aromatic carbocycles. The van der Waals surface area contributed by atoms with Gasteiger partial charge in [0.15, 0.2) is 0 Å². The summed E-state index contributed by atoms with van der Waals surface area (Å²) in [5.41, 5.74) is -0.953. The summed E-state index contributed by atoms with van der Waals surface area (Å²) in [6.07, 6.45) is -4.53. The highest BCUT2D eigenvalue weighted by atomic mass is 79.9. The predicted octanol–water partition coefficient (Wildman–Crippen LogP) is 4.01. The Morgan fingerprint density at radius 1 is 1.40 bits per heavy atom. The molecule has 0 heterocycles. The van der Waals surface area contributed by atoms with E-state index in [2.05, 4.69) is 15.9 Å². The zero-order valence-corrected chi connectivity index (χ0v) is 12.6. The van der Waals surface area contributed by atoms with Crippen LogP contribution in [0.4, 0.5) is 18.9 Å². The smallest absolute Gasteiger partial charge is 0.418 e. The van der Waals surface area contributed by atoms with Crippen LogP contribution in [-0.2, 0) is 11.0 Å². The Bertz CT molecular complexity index is 489. The third-order valence-corrected chi connectivity index (χ3v) is 3.01. The molecule has 0 unspecified atom stereocenters. The quantitative estimate of drug-likeness (QED) is 0.869. The molecular weight excluding hydrogens is 339 g/mol. The van der Waals surface area contributed by atoms with E-state index in [1.54, 1.807) is 0 Å². The molecule has 0 bridgehead atoms. The molecule has 1 rings (SSSR count). The van der Waals surface area contributed by atoms with Gasteiger partial charge in [-0.05, 0) is 24.1 Å². The van der Waals surface area contributed by atoms with Gasteiger partial charge in [-0.15, -0.1) is 0 Å². The number of carboxylic acids is 1. The van der Waals surface area contributed by atoms with Gasteiger partial charge in [0.1, 0.15) is 6.54 Å². The zero-order chi connectivity index (χ0) is 15.5. The Balaban J connectivity index is 3.28. The van der Waals surface area contributed by atoms with Crippen LogP contribution in [0, 0.1) is 5.92 Å². The number of hydrogen-bond acceptors (Lipinski definition) is 2. The van der Waals surface area contributed by atoms with E-state index in [-0.39, 0.29) is 18.2 Å². The van der Waals surface area contributed by atoms with Crippen LogP contribution < -0.4 is 4.90 Å². The van der Waals surface area contributed by atoms with Gasteiger partial charge in [-0.1, -0.05) is 29.8 Å². The summed E-state index contributed by atoms with van der Waals surface area (Å²) in [6.45, 7) is 3.40. The van der Waals surface area contributed by atoms with E-state index in [1.165, 1.54) is 17.0 Å². The van der Waals surface area contributed by atoms with Gasteiger partial charge in [-0.25, -0.2) is 0 Å². The second kappa shape index (κ2) is 6.47. The molecule has 1 aromatic rings. The predicted molar refractivity (Wildman–Crippen MR) is 73.8 cm³/mol. The minimum Gasteiger partial charge on any atom is -0.480 e. The number of carboxylic acid groups (broad SMARTS) is 1. The van der Waals surface area contributed by atoms with Gasteiger partial charge in [-0.3, -0.25) is 4.79 Å². The fourth-order valence-corrected chi connectivity index (χ4v) is 2.22. The van der Waals surface area contributed by atoms with Crippen LogP contribution in [0.25, 0.3) is 0 Å². The third-order valence-electron chi connectivity index (χ3n) is 2.52. The van der Waals surface area contributed by atoms with Crippen molar-refractivity contribution in [2.45, 2.75) is 20.0 Å². The maximum absolute atomic E-state index is 13.1. The molecule has 0 saturated carbocycles. The lowest BCUT2D eigenvalue weighted by molar-refractivity contribution is -0.138. The Morgan fingerprint density at radius 2 is 2.00 bits per heavy atom. The first-order chi connectivity index (χ1) is 9.11. The lowest BCUT2D eigenvalue weighted by atomic mass is 10.1. The molecule has 0 amide bonds. The summed E-state index contributed by atoms with van der Waals surface area (Å²) in [4.78, 5) is 12.1. The number of anilines is 1. The second-order valence-electron chi connectivity index (χ2n) is 4.83. The van der Waals surface area contributed by atoms with Gasteiger partial charge in [0.2, 0.25) is 0 Å². The molecule has 3 nitrogen and oxygen atoms in total. The van der Waals surface area contributed by atoms with Crippen molar-refractivity contribution in [1.82, 2.24) is 0 Å². The van der Waals surface area contributed by atoms with Crippen LogP contribution in [0.3, 0.4) is 0 Å². The maximum Gasteiger partial charge on any atom is 0.418 e. The van der Waals surface area contributed by atoms with E-state index < -0.39 is 24.3 Å². The highest BCUT2D eigenvalue weighted by molar-refractivity contribution is 9.10. The molecule has 0 aliphatic carbocycles. The fraction of sp³-hybridized carbons (Fsp3) is 0.462. The zero-order valence-electron chi connectivity index (χ0n) is 11.0. The molecule has 0 aliphatic rings. The van der Waals surface area contributed by atoms with Crippen molar-refractivity contribution in [3.8, 4) is 0 Å². The molecule has 7 heteroatoms. The molecule has 0 aromatic heterocycles. The van der Waals surface area contributed by atoms with Gasteiger partial charge in [0.05, 0.1) is 5.56 Å². The van der Waals surface area contributed by atoms with E-state index in [0.717, 1.165) is 6.07 Å². The van der Waals surface area contributed by atoms with Crippen molar-refractivity contribution in [2.24, 2.45) is 5.92 Å². The number of carbonyl (C=O) groups is 1. The number of aliphatic carboxylic acids is 1. The van der Waals surface area contributed by atoms with E-state index in [0.29, 0.717) is 4.47 Å². The van der Waals surface area contributed by atoms with Crippen LogP contribution in [0.15, 0.2) is 22.7 Å². The first kappa shape index (κ1) is 16.8. The van der Waals surface area contributed by atoms with E-state index in [1.807, 2.05) is 13.8 Å². The van der Waals surface area contributed by atoms with Gasteiger partial charge < -0.3 is 10.0 Å². The van der Waals surface area contributed by atoms with Crippen molar-refractivity contribution in [1.29, 1.82) is 0 Å². The lowest BCUT2D eigenvalue weighted by Gasteiger charge is -2.28. The number of rotatable bonds is 5. The van der Waals surface area contributed by atoms with Crippen molar-refractivity contribution in [3.63, 3.8) is 0 Å². The normalized spacial score (nSPS) is 11.8. The summed E-state index contributed by atoms with van der Waals surface area (Å²) in [5, 5.41) is 8.87. The molecule has 0 aliphatic heterocycles. The first-order valence-corrected chi connectivity index (χ1v) is 6.74. The average molecular weight is 354 g/mol. The van der Waals surface area contributed by atoms with Gasteiger partial charge in [-0.2, -0.15) is 13.2 Å². The molecule has 20 heavy (non-hydrogen) atoms. The Labute approximate surface area is 123 Å².